The lowest BCUT2D eigenvalue weighted by atomic mass is 10.1. The molecule has 0 unspecified atom stereocenters. The normalized spacial score (nSPS) is 11.7. The third-order valence-corrected chi connectivity index (χ3v) is 6.95. The SMILES string of the molecule is CCN(CC)S(=O)(=O)c1cc(C(=O)NCCCc2ccc(N(C)C)cc2)n(C)c1. The van der Waals surface area contributed by atoms with E-state index in [9.17, 15) is 13.2 Å². The van der Waals surface area contributed by atoms with Crippen LogP contribution in [-0.4, -0.2) is 56.9 Å². The van der Waals surface area contributed by atoms with Crippen molar-refractivity contribution < 1.29 is 13.2 Å². The second-order valence-electron chi connectivity index (χ2n) is 7.18. The molecular formula is C21H32N4O3S. The zero-order valence-electron chi connectivity index (χ0n) is 18.0. The lowest BCUT2D eigenvalue weighted by molar-refractivity contribution is 0.0945. The molecule has 0 aliphatic rings. The highest BCUT2D eigenvalue weighted by Crippen LogP contribution is 2.18. The molecule has 1 heterocycles. The summed E-state index contributed by atoms with van der Waals surface area (Å²) in [5, 5.41) is 2.89. The van der Waals surface area contributed by atoms with Crippen LogP contribution in [0, 0.1) is 0 Å². The summed E-state index contributed by atoms with van der Waals surface area (Å²) in [6.45, 7) is 4.91. The average molecular weight is 421 g/mol. The molecule has 1 N–H and O–H groups in total. The van der Waals surface area contributed by atoms with E-state index >= 15 is 0 Å². The molecule has 2 aromatic rings. The molecule has 0 saturated heterocycles. The molecule has 0 fully saturated rings. The van der Waals surface area contributed by atoms with Gasteiger partial charge in [0.2, 0.25) is 10.0 Å². The summed E-state index contributed by atoms with van der Waals surface area (Å²) < 4.78 is 28.2. The highest BCUT2D eigenvalue weighted by Gasteiger charge is 2.25. The number of amides is 1. The van der Waals surface area contributed by atoms with Crippen molar-refractivity contribution in [2.24, 2.45) is 7.05 Å². The Hall–Kier alpha value is -2.32. The Morgan fingerprint density at radius 3 is 2.28 bits per heavy atom. The Labute approximate surface area is 174 Å². The third kappa shape index (κ3) is 5.61. The highest BCUT2D eigenvalue weighted by molar-refractivity contribution is 7.89. The van der Waals surface area contributed by atoms with Crippen LogP contribution in [0.2, 0.25) is 0 Å². The van der Waals surface area contributed by atoms with Crippen molar-refractivity contribution in [3.05, 3.63) is 47.8 Å². The van der Waals surface area contributed by atoms with Crippen molar-refractivity contribution in [3.8, 4) is 0 Å². The maximum atomic E-state index is 12.6. The van der Waals surface area contributed by atoms with Crippen molar-refractivity contribution in [3.63, 3.8) is 0 Å². The molecule has 1 aromatic heterocycles. The van der Waals surface area contributed by atoms with Crippen molar-refractivity contribution >= 4 is 21.6 Å². The fourth-order valence-electron chi connectivity index (χ4n) is 3.16. The van der Waals surface area contributed by atoms with Gasteiger partial charge in [-0.1, -0.05) is 26.0 Å². The van der Waals surface area contributed by atoms with Crippen LogP contribution in [-0.2, 0) is 23.5 Å². The van der Waals surface area contributed by atoms with Crippen molar-refractivity contribution in [2.75, 3.05) is 38.6 Å². The van der Waals surface area contributed by atoms with Crippen LogP contribution < -0.4 is 10.2 Å². The molecule has 0 aliphatic heterocycles. The van der Waals surface area contributed by atoms with E-state index in [4.69, 9.17) is 0 Å². The first-order valence-corrected chi connectivity index (χ1v) is 11.4. The molecule has 2 rings (SSSR count). The number of aryl methyl sites for hydroxylation is 2. The quantitative estimate of drug-likeness (QED) is 0.599. The van der Waals surface area contributed by atoms with Crippen LogP contribution in [0.3, 0.4) is 0 Å². The Morgan fingerprint density at radius 1 is 1.10 bits per heavy atom. The smallest absolute Gasteiger partial charge is 0.267 e. The van der Waals surface area contributed by atoms with Gasteiger partial charge in [0, 0.05) is 52.7 Å². The fraction of sp³-hybridized carbons (Fsp3) is 0.476. The summed E-state index contributed by atoms with van der Waals surface area (Å²) in [5.41, 5.74) is 2.71. The van der Waals surface area contributed by atoms with Crippen molar-refractivity contribution in [1.29, 1.82) is 0 Å². The molecular weight excluding hydrogens is 388 g/mol. The first-order valence-electron chi connectivity index (χ1n) is 9.91. The van der Waals surface area contributed by atoms with E-state index in [0.717, 1.165) is 18.5 Å². The topological polar surface area (TPSA) is 74.7 Å². The third-order valence-electron chi connectivity index (χ3n) is 4.94. The van der Waals surface area contributed by atoms with E-state index in [1.54, 1.807) is 25.5 Å². The molecule has 0 bridgehead atoms. The van der Waals surface area contributed by atoms with E-state index in [1.807, 2.05) is 14.1 Å². The van der Waals surface area contributed by atoms with Crippen LogP contribution in [0.1, 0.15) is 36.3 Å². The number of nitrogens with zero attached hydrogens (tertiary/aromatic N) is 3. The Balaban J connectivity index is 1.93. The number of carbonyl (C=O) groups excluding carboxylic acids is 1. The van der Waals surface area contributed by atoms with Gasteiger partial charge in [0.15, 0.2) is 0 Å². The lowest BCUT2D eigenvalue weighted by Gasteiger charge is -2.17. The predicted octanol–water partition coefficient (Wildman–Crippen LogP) is 2.48. The molecule has 0 aliphatic carbocycles. The van der Waals surface area contributed by atoms with Crippen LogP contribution in [0.25, 0.3) is 0 Å². The van der Waals surface area contributed by atoms with Gasteiger partial charge in [-0.05, 0) is 36.6 Å². The molecule has 0 radical (unpaired) electrons. The summed E-state index contributed by atoms with van der Waals surface area (Å²) in [4.78, 5) is 14.7. The Kier molecular flexibility index (Phi) is 7.87. The number of anilines is 1. The number of sulfonamides is 1. The summed E-state index contributed by atoms with van der Waals surface area (Å²) >= 11 is 0. The van der Waals surface area contributed by atoms with E-state index in [1.165, 1.54) is 22.1 Å². The number of carbonyl (C=O) groups is 1. The molecule has 7 nitrogen and oxygen atoms in total. The molecule has 0 spiro atoms. The summed E-state index contributed by atoms with van der Waals surface area (Å²) in [6, 6.07) is 9.80. The minimum absolute atomic E-state index is 0.148. The number of benzene rings is 1. The first-order chi connectivity index (χ1) is 13.7. The average Bonchev–Trinajstić information content (AvgIpc) is 3.09. The summed E-state index contributed by atoms with van der Waals surface area (Å²) in [6.07, 6.45) is 3.17. The van der Waals surface area contributed by atoms with E-state index < -0.39 is 10.0 Å². The minimum Gasteiger partial charge on any atom is -0.378 e. The van der Waals surface area contributed by atoms with Gasteiger partial charge in [0.05, 0.1) is 0 Å². The molecule has 1 aromatic carbocycles. The predicted molar refractivity (Wildman–Crippen MR) is 117 cm³/mol. The number of nitrogens with one attached hydrogen (secondary N) is 1. The summed E-state index contributed by atoms with van der Waals surface area (Å²) in [7, 11) is 2.12. The summed E-state index contributed by atoms with van der Waals surface area (Å²) in [5.74, 6) is -0.267. The number of aromatic nitrogens is 1. The van der Waals surface area contributed by atoms with Gasteiger partial charge in [-0.25, -0.2) is 8.42 Å². The Bertz CT molecular complexity index is 914. The van der Waals surface area contributed by atoms with Crippen LogP contribution >= 0.6 is 0 Å². The monoisotopic (exact) mass is 420 g/mol. The zero-order valence-corrected chi connectivity index (χ0v) is 18.8. The minimum atomic E-state index is -3.58. The fourth-order valence-corrected chi connectivity index (χ4v) is 4.69. The van der Waals surface area contributed by atoms with E-state index in [-0.39, 0.29) is 10.8 Å². The molecule has 1 amide bonds. The van der Waals surface area contributed by atoms with Gasteiger partial charge in [-0.15, -0.1) is 0 Å². The maximum absolute atomic E-state index is 12.6. The number of hydrogen-bond donors (Lipinski definition) is 1. The van der Waals surface area contributed by atoms with Crippen LogP contribution in [0.4, 0.5) is 5.69 Å². The standard InChI is InChI=1S/C21H32N4O3S/c1-6-25(7-2)29(27,28)19-15-20(24(5)16-19)21(26)22-14-8-9-17-10-12-18(13-11-17)23(3)4/h10-13,15-16H,6-9,14H2,1-5H3,(H,22,26). The van der Waals surface area contributed by atoms with Gasteiger partial charge in [0.25, 0.3) is 5.91 Å². The van der Waals surface area contributed by atoms with Crippen molar-refractivity contribution in [2.45, 2.75) is 31.6 Å². The number of rotatable bonds is 10. The molecule has 8 heteroatoms. The number of hydrogen-bond acceptors (Lipinski definition) is 4. The Morgan fingerprint density at radius 2 is 1.72 bits per heavy atom. The maximum Gasteiger partial charge on any atom is 0.267 e. The van der Waals surface area contributed by atoms with Crippen LogP contribution in [0.5, 0.6) is 0 Å². The largest absolute Gasteiger partial charge is 0.378 e. The second-order valence-corrected chi connectivity index (χ2v) is 9.12. The van der Waals surface area contributed by atoms with Gasteiger partial charge in [-0.2, -0.15) is 4.31 Å². The van der Waals surface area contributed by atoms with Gasteiger partial charge in [0.1, 0.15) is 10.6 Å². The first kappa shape index (κ1) is 23.0. The molecule has 160 valence electrons. The zero-order chi connectivity index (χ0) is 21.6. The highest BCUT2D eigenvalue weighted by atomic mass is 32.2. The molecule has 29 heavy (non-hydrogen) atoms. The van der Waals surface area contributed by atoms with Gasteiger partial charge >= 0.3 is 0 Å². The van der Waals surface area contributed by atoms with Gasteiger partial charge < -0.3 is 14.8 Å². The van der Waals surface area contributed by atoms with Gasteiger partial charge in [-0.3, -0.25) is 4.79 Å². The van der Waals surface area contributed by atoms with Crippen molar-refractivity contribution in [1.82, 2.24) is 14.2 Å². The van der Waals surface area contributed by atoms with E-state index in [2.05, 4.69) is 34.5 Å². The molecule has 0 atom stereocenters. The lowest BCUT2D eigenvalue weighted by Crippen LogP contribution is -2.30. The second kappa shape index (κ2) is 9.93. The van der Waals surface area contributed by atoms with Crippen LogP contribution in [0.15, 0.2) is 41.4 Å². The van der Waals surface area contributed by atoms with E-state index in [0.29, 0.717) is 25.3 Å². The molecule has 0 saturated carbocycles.